The van der Waals surface area contributed by atoms with Crippen molar-refractivity contribution in [3.63, 3.8) is 0 Å². The highest BCUT2D eigenvalue weighted by Gasteiger charge is 2.65. The molecule has 2 aliphatic heterocycles. The lowest BCUT2D eigenvalue weighted by Gasteiger charge is -2.46. The van der Waals surface area contributed by atoms with Crippen molar-refractivity contribution < 1.29 is 27.5 Å². The predicted molar refractivity (Wildman–Crippen MR) is 158 cm³/mol. The number of ether oxygens (including phenoxy) is 2. The van der Waals surface area contributed by atoms with Crippen LogP contribution in [0, 0.1) is 5.92 Å². The summed E-state index contributed by atoms with van der Waals surface area (Å²) in [5.74, 6) is -0.375. The van der Waals surface area contributed by atoms with Crippen molar-refractivity contribution in [2.45, 2.75) is 49.6 Å². The maximum absolute atomic E-state index is 14.6. The summed E-state index contributed by atoms with van der Waals surface area (Å²) >= 11 is 0. The van der Waals surface area contributed by atoms with E-state index in [0.717, 1.165) is 16.8 Å². The van der Waals surface area contributed by atoms with Gasteiger partial charge in [0.05, 0.1) is 35.8 Å². The van der Waals surface area contributed by atoms with Crippen LogP contribution in [0.5, 0.6) is 5.75 Å². The zero-order chi connectivity index (χ0) is 29.6. The van der Waals surface area contributed by atoms with Gasteiger partial charge in [0.25, 0.3) is 10.0 Å². The number of hydrogen-bond acceptors (Lipinski definition) is 7. The molecule has 218 valence electrons. The second kappa shape index (κ2) is 10.6. The summed E-state index contributed by atoms with van der Waals surface area (Å²) in [5, 5.41) is 0. The van der Waals surface area contributed by atoms with Crippen LogP contribution in [0.3, 0.4) is 0 Å². The number of esters is 1. The van der Waals surface area contributed by atoms with Crippen molar-refractivity contribution in [2.75, 3.05) is 24.6 Å². The highest BCUT2D eigenvalue weighted by molar-refractivity contribution is 7.93. The average molecular weight is 587 g/mol. The van der Waals surface area contributed by atoms with Gasteiger partial charge in [-0.1, -0.05) is 48.5 Å². The van der Waals surface area contributed by atoms with Gasteiger partial charge in [0.1, 0.15) is 5.75 Å². The molecule has 0 N–H and O–H groups in total. The molecule has 3 aromatic rings. The van der Waals surface area contributed by atoms with E-state index in [0.29, 0.717) is 42.9 Å². The number of nitrogens with zero attached hydrogens (tertiary/aromatic N) is 2. The minimum absolute atomic E-state index is 0.00706. The quantitative estimate of drug-likeness (QED) is 0.349. The molecule has 0 aromatic heterocycles. The first-order valence-electron chi connectivity index (χ1n) is 14.1. The molecule has 3 aromatic carbocycles. The van der Waals surface area contributed by atoms with Crippen molar-refractivity contribution in [1.29, 1.82) is 0 Å². The Morgan fingerprint density at radius 3 is 2.31 bits per heavy atom. The first-order valence-corrected chi connectivity index (χ1v) is 15.6. The number of carbonyl (C=O) groups is 2. The third-order valence-corrected chi connectivity index (χ3v) is 10.7. The molecule has 0 amide bonds. The Morgan fingerprint density at radius 1 is 0.952 bits per heavy atom. The number of rotatable bonds is 8. The Bertz CT molecular complexity index is 1670. The van der Waals surface area contributed by atoms with E-state index in [4.69, 9.17) is 9.47 Å². The number of allylic oxidation sites excluding steroid dienone is 1. The Labute approximate surface area is 246 Å². The highest BCUT2D eigenvalue weighted by Crippen LogP contribution is 2.62. The second-order valence-electron chi connectivity index (χ2n) is 11.2. The summed E-state index contributed by atoms with van der Waals surface area (Å²) in [6.45, 7) is 4.18. The van der Waals surface area contributed by atoms with Crippen LogP contribution in [0.4, 0.5) is 5.69 Å². The van der Waals surface area contributed by atoms with Gasteiger partial charge in [-0.3, -0.25) is 13.9 Å². The molecule has 1 aliphatic carbocycles. The molecule has 6 rings (SSSR count). The number of benzene rings is 3. The largest absolute Gasteiger partial charge is 0.497 e. The molecule has 1 spiro atoms. The summed E-state index contributed by atoms with van der Waals surface area (Å²) in [6.07, 6.45) is 0.928. The molecule has 2 heterocycles. The van der Waals surface area contributed by atoms with Gasteiger partial charge in [0.15, 0.2) is 5.78 Å². The lowest BCUT2D eigenvalue weighted by molar-refractivity contribution is -0.142. The number of sulfonamides is 1. The van der Waals surface area contributed by atoms with E-state index < -0.39 is 33.4 Å². The van der Waals surface area contributed by atoms with E-state index in [-0.39, 0.29) is 17.3 Å². The molecule has 1 saturated heterocycles. The van der Waals surface area contributed by atoms with E-state index in [1.807, 2.05) is 42.5 Å². The number of Topliss-reactive ketones (excluding diaryl/α,β-unsaturated/α-hetero) is 1. The summed E-state index contributed by atoms with van der Waals surface area (Å²) in [6, 6.07) is 23.5. The molecule has 1 fully saturated rings. The van der Waals surface area contributed by atoms with Crippen LogP contribution in [0.2, 0.25) is 0 Å². The van der Waals surface area contributed by atoms with Crippen molar-refractivity contribution in [3.05, 3.63) is 101 Å². The number of methoxy groups -OCH3 is 1. The number of ketones is 1. The van der Waals surface area contributed by atoms with E-state index in [1.54, 1.807) is 35.5 Å². The van der Waals surface area contributed by atoms with Gasteiger partial charge < -0.3 is 14.4 Å². The maximum Gasteiger partial charge on any atom is 0.302 e. The molecule has 3 atom stereocenters. The van der Waals surface area contributed by atoms with Crippen LogP contribution in [0.15, 0.2) is 95.0 Å². The molecule has 8 nitrogen and oxygen atoms in total. The Hall–Kier alpha value is -4.11. The highest BCUT2D eigenvalue weighted by atomic mass is 32.2. The van der Waals surface area contributed by atoms with Crippen LogP contribution < -0.4 is 9.04 Å². The fourth-order valence-corrected chi connectivity index (χ4v) is 9.01. The second-order valence-corrected chi connectivity index (χ2v) is 13.0. The Morgan fingerprint density at radius 2 is 1.64 bits per heavy atom. The summed E-state index contributed by atoms with van der Waals surface area (Å²) in [5.41, 5.74) is 3.37. The van der Waals surface area contributed by atoms with Gasteiger partial charge in [0, 0.05) is 37.2 Å². The fourth-order valence-electron chi connectivity index (χ4n) is 7.24. The molecular formula is C33H34N2O6S. The predicted octanol–water partition coefficient (Wildman–Crippen LogP) is 4.84. The number of carbonyl (C=O) groups excluding carboxylic acids is 2. The zero-order valence-electron chi connectivity index (χ0n) is 23.9. The third kappa shape index (κ3) is 4.38. The standard InChI is InChI=1S/C33H34N2O6S/c1-22(36)28-19-25(21-41-23(2)37)31-33(17-18-34(32(28)33)20-24-9-5-4-6-10-24)29-11-7-8-12-30(29)35(31)42(38,39)27-15-13-26(40-3)14-16-27/h4-16,25,31H,17-21H2,1-3H3/t25-,31-,33-/m0/s1. The van der Waals surface area contributed by atoms with Crippen molar-refractivity contribution in [1.82, 2.24) is 4.90 Å². The average Bonchev–Trinajstić information content (AvgIpc) is 3.51. The first-order chi connectivity index (χ1) is 20.2. The molecule has 3 aliphatic rings. The molecule has 42 heavy (non-hydrogen) atoms. The van der Waals surface area contributed by atoms with Gasteiger partial charge >= 0.3 is 5.97 Å². The summed E-state index contributed by atoms with van der Waals surface area (Å²) in [4.78, 5) is 27.7. The van der Waals surface area contributed by atoms with Gasteiger partial charge in [-0.15, -0.1) is 0 Å². The van der Waals surface area contributed by atoms with E-state index in [9.17, 15) is 18.0 Å². The molecular weight excluding hydrogens is 552 g/mol. The Balaban J connectivity index is 1.57. The summed E-state index contributed by atoms with van der Waals surface area (Å²) in [7, 11) is -2.53. The van der Waals surface area contributed by atoms with Crippen LogP contribution in [-0.2, 0) is 36.3 Å². The number of para-hydroxylation sites is 1. The van der Waals surface area contributed by atoms with Crippen LogP contribution in [0.25, 0.3) is 0 Å². The number of fused-ring (bicyclic) bond motifs is 1. The smallest absolute Gasteiger partial charge is 0.302 e. The minimum atomic E-state index is -4.07. The van der Waals surface area contributed by atoms with Crippen LogP contribution in [-0.4, -0.2) is 51.4 Å². The van der Waals surface area contributed by atoms with Gasteiger partial charge in [-0.2, -0.15) is 0 Å². The lowest BCUT2D eigenvalue weighted by atomic mass is 9.63. The monoisotopic (exact) mass is 586 g/mol. The van der Waals surface area contributed by atoms with Crippen LogP contribution >= 0.6 is 0 Å². The lowest BCUT2D eigenvalue weighted by Crippen LogP contribution is -2.56. The molecule has 0 radical (unpaired) electrons. The normalized spacial score (nSPS) is 22.8. The Kier molecular flexibility index (Phi) is 7.09. The minimum Gasteiger partial charge on any atom is -0.497 e. The van der Waals surface area contributed by atoms with Crippen LogP contribution in [0.1, 0.15) is 37.8 Å². The fraction of sp³-hybridized carbons (Fsp3) is 0.333. The topological polar surface area (TPSA) is 93.2 Å². The molecule has 0 saturated carbocycles. The molecule has 9 heteroatoms. The van der Waals surface area contributed by atoms with Crippen molar-refractivity contribution in [3.8, 4) is 5.75 Å². The molecule has 0 unspecified atom stereocenters. The van der Waals surface area contributed by atoms with Gasteiger partial charge in [0.2, 0.25) is 0 Å². The number of anilines is 1. The third-order valence-electron chi connectivity index (χ3n) is 8.85. The van der Waals surface area contributed by atoms with Gasteiger partial charge in [-0.05, 0) is 61.2 Å². The molecule has 0 bridgehead atoms. The van der Waals surface area contributed by atoms with E-state index in [2.05, 4.69) is 17.0 Å². The van der Waals surface area contributed by atoms with E-state index >= 15 is 0 Å². The first kappa shape index (κ1) is 28.0. The van der Waals surface area contributed by atoms with Gasteiger partial charge in [-0.25, -0.2) is 8.42 Å². The SMILES string of the molecule is COc1ccc(S(=O)(=O)N2c3ccccc3[C@]34CCN(Cc5ccccc5)C3=C(C(C)=O)C[C@@H](COC(C)=O)[C@H]24)cc1. The number of hydrogen-bond donors (Lipinski definition) is 0. The van der Waals surface area contributed by atoms with E-state index in [1.165, 1.54) is 14.0 Å². The van der Waals surface area contributed by atoms with Crippen molar-refractivity contribution in [2.24, 2.45) is 5.92 Å². The zero-order valence-corrected chi connectivity index (χ0v) is 24.8. The summed E-state index contributed by atoms with van der Waals surface area (Å²) < 4.78 is 41.5. The maximum atomic E-state index is 14.6. The number of likely N-dealkylation sites (tertiary alicyclic amines) is 1. The van der Waals surface area contributed by atoms with Crippen molar-refractivity contribution >= 4 is 27.5 Å².